The summed E-state index contributed by atoms with van der Waals surface area (Å²) in [4.78, 5) is 22.2. The zero-order chi connectivity index (χ0) is 21.9. The molecule has 1 heterocycles. The number of furan rings is 1. The van der Waals surface area contributed by atoms with Crippen LogP contribution in [0, 0.1) is 27.2 Å². The minimum Gasteiger partial charge on any atom is -0.455 e. The molecule has 0 fully saturated rings. The lowest BCUT2D eigenvalue weighted by Crippen LogP contribution is -2.18. The molecule has 0 aliphatic rings. The predicted molar refractivity (Wildman–Crippen MR) is 107 cm³/mol. The number of sulfonamides is 1. The zero-order valence-corrected chi connectivity index (χ0v) is 16.2. The second-order valence-corrected chi connectivity index (χ2v) is 7.73. The van der Waals surface area contributed by atoms with Crippen LogP contribution in [0.3, 0.4) is 0 Å². The minimum atomic E-state index is -4.12. The molecular formula is C18H14N4O7S. The summed E-state index contributed by atoms with van der Waals surface area (Å²) in [5, 5.41) is 25.3. The van der Waals surface area contributed by atoms with Gasteiger partial charge in [0.1, 0.15) is 11.5 Å². The molecule has 3 aromatic rings. The molecular weight excluding hydrogens is 416 g/mol. The standard InChI is InChI=1S/C18H14N4O7S/c1-12-2-8-16(10-17(12)22(25)26)30(27,28)20-19-11-15-7-9-18(29-15)13-3-5-14(6-4-13)21(23)24/h2-11,20H,1H3/b19-11+. The molecule has 11 nitrogen and oxygen atoms in total. The zero-order valence-electron chi connectivity index (χ0n) is 15.4. The van der Waals surface area contributed by atoms with Crippen molar-refractivity contribution in [2.24, 2.45) is 5.10 Å². The van der Waals surface area contributed by atoms with Gasteiger partial charge in [-0.15, -0.1) is 0 Å². The first-order valence-electron chi connectivity index (χ1n) is 8.32. The van der Waals surface area contributed by atoms with Crippen LogP contribution >= 0.6 is 0 Å². The number of nitrogens with zero attached hydrogens (tertiary/aromatic N) is 3. The average Bonchev–Trinajstić information content (AvgIpc) is 3.16. The van der Waals surface area contributed by atoms with Gasteiger partial charge in [-0.25, -0.2) is 0 Å². The van der Waals surface area contributed by atoms with Gasteiger partial charge in [-0.2, -0.15) is 18.4 Å². The van der Waals surface area contributed by atoms with E-state index in [9.17, 15) is 28.6 Å². The summed E-state index contributed by atoms with van der Waals surface area (Å²) in [5.41, 5.74) is 0.545. The Balaban J connectivity index is 1.73. The third-order valence-corrected chi connectivity index (χ3v) is 5.26. The molecule has 1 aromatic heterocycles. The van der Waals surface area contributed by atoms with Crippen LogP contribution in [-0.4, -0.2) is 24.5 Å². The first kappa shape index (κ1) is 20.7. The number of aryl methyl sites for hydroxylation is 1. The maximum Gasteiger partial charge on any atom is 0.276 e. The summed E-state index contributed by atoms with van der Waals surface area (Å²) >= 11 is 0. The van der Waals surface area contributed by atoms with Crippen LogP contribution in [0.4, 0.5) is 11.4 Å². The van der Waals surface area contributed by atoms with Crippen molar-refractivity contribution in [2.75, 3.05) is 0 Å². The molecule has 12 heteroatoms. The summed E-state index contributed by atoms with van der Waals surface area (Å²) in [6, 6.07) is 12.4. The van der Waals surface area contributed by atoms with Gasteiger partial charge in [-0.05, 0) is 37.3 Å². The van der Waals surface area contributed by atoms with Crippen molar-refractivity contribution in [3.63, 3.8) is 0 Å². The van der Waals surface area contributed by atoms with E-state index in [1.54, 1.807) is 6.07 Å². The van der Waals surface area contributed by atoms with E-state index in [4.69, 9.17) is 4.42 Å². The van der Waals surface area contributed by atoms with Gasteiger partial charge in [-0.3, -0.25) is 20.2 Å². The molecule has 0 aliphatic carbocycles. The molecule has 2 aromatic carbocycles. The second kappa shape index (κ2) is 8.13. The van der Waals surface area contributed by atoms with E-state index in [2.05, 4.69) is 5.10 Å². The Bertz CT molecular complexity index is 1250. The van der Waals surface area contributed by atoms with Crippen LogP contribution in [-0.2, 0) is 10.0 Å². The Hall–Kier alpha value is -4.06. The number of non-ortho nitro benzene ring substituents is 1. The first-order valence-corrected chi connectivity index (χ1v) is 9.80. The molecule has 0 radical (unpaired) electrons. The quantitative estimate of drug-likeness (QED) is 0.342. The maximum absolute atomic E-state index is 12.3. The van der Waals surface area contributed by atoms with Crippen LogP contribution < -0.4 is 4.83 Å². The van der Waals surface area contributed by atoms with Gasteiger partial charge in [0, 0.05) is 29.3 Å². The van der Waals surface area contributed by atoms with Crippen molar-refractivity contribution in [3.05, 3.63) is 86.1 Å². The van der Waals surface area contributed by atoms with Crippen LogP contribution in [0.25, 0.3) is 11.3 Å². The molecule has 3 rings (SSSR count). The Morgan fingerprint density at radius 2 is 1.70 bits per heavy atom. The molecule has 154 valence electrons. The van der Waals surface area contributed by atoms with E-state index in [0.717, 1.165) is 12.3 Å². The first-order chi connectivity index (χ1) is 14.2. The van der Waals surface area contributed by atoms with Gasteiger partial charge in [0.2, 0.25) is 0 Å². The number of rotatable bonds is 7. The van der Waals surface area contributed by atoms with E-state index < -0.39 is 19.9 Å². The lowest BCUT2D eigenvalue weighted by Gasteiger charge is -2.04. The molecule has 0 spiro atoms. The number of hydrogen-bond acceptors (Lipinski definition) is 8. The molecule has 0 bridgehead atoms. The number of nitrogens with one attached hydrogen (secondary N) is 1. The van der Waals surface area contributed by atoms with E-state index in [-0.39, 0.29) is 22.0 Å². The van der Waals surface area contributed by atoms with Crippen LogP contribution in [0.1, 0.15) is 11.3 Å². The normalized spacial score (nSPS) is 11.5. The van der Waals surface area contributed by atoms with Crippen molar-refractivity contribution < 1.29 is 22.7 Å². The van der Waals surface area contributed by atoms with Crippen molar-refractivity contribution >= 4 is 27.6 Å². The smallest absolute Gasteiger partial charge is 0.276 e. The van der Waals surface area contributed by atoms with Gasteiger partial charge < -0.3 is 4.42 Å². The molecule has 30 heavy (non-hydrogen) atoms. The molecule has 0 aliphatic heterocycles. The van der Waals surface area contributed by atoms with Gasteiger partial charge in [0.05, 0.1) is 21.0 Å². The van der Waals surface area contributed by atoms with Crippen molar-refractivity contribution in [1.82, 2.24) is 4.83 Å². The lowest BCUT2D eigenvalue weighted by atomic mass is 10.1. The van der Waals surface area contributed by atoms with Gasteiger partial charge in [-0.1, -0.05) is 6.07 Å². The number of hydrazone groups is 1. The number of benzene rings is 2. The fraction of sp³-hybridized carbons (Fsp3) is 0.0556. The minimum absolute atomic E-state index is 0.0576. The molecule has 0 saturated carbocycles. The number of nitro benzene ring substituents is 2. The Kier molecular flexibility index (Phi) is 5.60. The summed E-state index contributed by atoms with van der Waals surface area (Å²) in [7, 11) is -4.12. The third-order valence-electron chi connectivity index (χ3n) is 4.04. The van der Waals surface area contributed by atoms with Crippen molar-refractivity contribution in [1.29, 1.82) is 0 Å². The van der Waals surface area contributed by atoms with Gasteiger partial charge in [0.25, 0.3) is 21.4 Å². The Labute approximate surface area is 170 Å². The van der Waals surface area contributed by atoms with Crippen LogP contribution in [0.2, 0.25) is 0 Å². The van der Waals surface area contributed by atoms with Crippen LogP contribution in [0.5, 0.6) is 0 Å². The van der Waals surface area contributed by atoms with E-state index in [0.29, 0.717) is 16.9 Å². The summed E-state index contributed by atoms with van der Waals surface area (Å²) in [5.74, 6) is 0.629. The van der Waals surface area contributed by atoms with E-state index in [1.807, 2.05) is 4.83 Å². The number of hydrogen-bond donors (Lipinski definition) is 1. The van der Waals surface area contributed by atoms with Crippen LogP contribution in [0.15, 0.2) is 69.0 Å². The summed E-state index contributed by atoms with van der Waals surface area (Å²) in [6.45, 7) is 1.50. The Morgan fingerprint density at radius 3 is 2.33 bits per heavy atom. The molecule has 1 N–H and O–H groups in total. The van der Waals surface area contributed by atoms with Crippen molar-refractivity contribution in [3.8, 4) is 11.3 Å². The number of nitro groups is 2. The Morgan fingerprint density at radius 1 is 1.00 bits per heavy atom. The van der Waals surface area contributed by atoms with Crippen molar-refractivity contribution in [2.45, 2.75) is 11.8 Å². The highest BCUT2D eigenvalue weighted by Crippen LogP contribution is 2.24. The van der Waals surface area contributed by atoms with Gasteiger partial charge >= 0.3 is 0 Å². The largest absolute Gasteiger partial charge is 0.455 e. The maximum atomic E-state index is 12.3. The third kappa shape index (κ3) is 4.50. The average molecular weight is 430 g/mol. The van der Waals surface area contributed by atoms with E-state index >= 15 is 0 Å². The van der Waals surface area contributed by atoms with Gasteiger partial charge in [0.15, 0.2) is 0 Å². The van der Waals surface area contributed by atoms with E-state index in [1.165, 1.54) is 49.4 Å². The molecule has 0 saturated heterocycles. The fourth-order valence-electron chi connectivity index (χ4n) is 2.49. The predicted octanol–water partition coefficient (Wildman–Crippen LogP) is 3.38. The highest BCUT2D eigenvalue weighted by molar-refractivity contribution is 7.89. The topological polar surface area (TPSA) is 158 Å². The molecule has 0 atom stereocenters. The fourth-order valence-corrected chi connectivity index (χ4v) is 3.30. The second-order valence-electron chi connectivity index (χ2n) is 6.06. The summed E-state index contributed by atoms with van der Waals surface area (Å²) < 4.78 is 30.1. The SMILES string of the molecule is Cc1ccc(S(=O)(=O)N/N=C/c2ccc(-c3ccc([N+](=O)[O-])cc3)o2)cc1[N+](=O)[O-]. The highest BCUT2D eigenvalue weighted by atomic mass is 32.2. The molecule has 0 unspecified atom stereocenters. The molecule has 0 amide bonds. The summed E-state index contributed by atoms with van der Waals surface area (Å²) in [6.07, 6.45) is 1.12. The highest BCUT2D eigenvalue weighted by Gasteiger charge is 2.19. The lowest BCUT2D eigenvalue weighted by molar-refractivity contribution is -0.385. The monoisotopic (exact) mass is 430 g/mol.